The average Bonchev–Trinajstić information content (AvgIpc) is 2.92. The average molecular weight is 268 g/mol. The number of fused-ring (bicyclic) bond motifs is 1. The number of nitrogens with zero attached hydrogens (tertiary/aromatic N) is 1. The molecule has 3 aromatic rings. The predicted octanol–water partition coefficient (Wildman–Crippen LogP) is 3.22. The van der Waals surface area contributed by atoms with Crippen molar-refractivity contribution < 1.29 is 9.15 Å². The van der Waals surface area contributed by atoms with E-state index in [0.717, 1.165) is 28.8 Å². The maximum absolute atomic E-state index is 5.79. The van der Waals surface area contributed by atoms with E-state index in [-0.39, 0.29) is 0 Å². The van der Waals surface area contributed by atoms with E-state index in [1.165, 1.54) is 0 Å². The lowest BCUT2D eigenvalue weighted by Crippen LogP contribution is -2.05. The predicted molar refractivity (Wildman–Crippen MR) is 78.6 cm³/mol. The van der Waals surface area contributed by atoms with Gasteiger partial charge in [-0.25, -0.2) is 4.98 Å². The lowest BCUT2D eigenvalue weighted by atomic mass is 10.2. The second-order valence-corrected chi connectivity index (χ2v) is 4.51. The molecule has 0 radical (unpaired) electrons. The Kier molecular flexibility index (Phi) is 3.65. The second kappa shape index (κ2) is 5.75. The number of ether oxygens (including phenoxy) is 1. The van der Waals surface area contributed by atoms with Crippen LogP contribution in [0.4, 0.5) is 0 Å². The number of hydrogen-bond acceptors (Lipinski definition) is 4. The monoisotopic (exact) mass is 268 g/mol. The van der Waals surface area contributed by atoms with Crippen molar-refractivity contribution in [3.8, 4) is 17.2 Å². The standard InChI is InChI=1S/C16H16N2O2/c17-9-4-10-19-13-7-8-14-15(11-13)20-16(18-14)12-5-2-1-3-6-12/h1-3,5-8,11H,4,9-10,17H2. The van der Waals surface area contributed by atoms with E-state index in [2.05, 4.69) is 4.98 Å². The first-order valence-electron chi connectivity index (χ1n) is 6.66. The first-order valence-corrected chi connectivity index (χ1v) is 6.66. The van der Waals surface area contributed by atoms with Gasteiger partial charge in [0.25, 0.3) is 0 Å². The van der Waals surface area contributed by atoms with Crippen LogP contribution in [0.15, 0.2) is 52.9 Å². The Bertz CT molecular complexity index is 692. The first-order chi connectivity index (χ1) is 9.86. The SMILES string of the molecule is NCCCOc1ccc2nc(-c3ccccc3)oc2c1. The molecule has 102 valence electrons. The number of oxazole rings is 1. The van der Waals surface area contributed by atoms with E-state index in [1.54, 1.807) is 0 Å². The molecule has 1 aromatic heterocycles. The topological polar surface area (TPSA) is 61.3 Å². The Morgan fingerprint density at radius 2 is 1.95 bits per heavy atom. The van der Waals surface area contributed by atoms with Crippen LogP contribution in [0.1, 0.15) is 6.42 Å². The van der Waals surface area contributed by atoms with Crippen LogP contribution in [-0.4, -0.2) is 18.1 Å². The largest absolute Gasteiger partial charge is 0.493 e. The summed E-state index contributed by atoms with van der Waals surface area (Å²) in [5.74, 6) is 1.40. The third-order valence-corrected chi connectivity index (χ3v) is 3.00. The van der Waals surface area contributed by atoms with E-state index >= 15 is 0 Å². The lowest BCUT2D eigenvalue weighted by Gasteiger charge is -2.03. The van der Waals surface area contributed by atoms with E-state index < -0.39 is 0 Å². The summed E-state index contributed by atoms with van der Waals surface area (Å²) in [5, 5.41) is 0. The molecule has 3 rings (SSSR count). The summed E-state index contributed by atoms with van der Waals surface area (Å²) < 4.78 is 11.4. The fourth-order valence-electron chi connectivity index (χ4n) is 1.97. The Morgan fingerprint density at radius 1 is 1.10 bits per heavy atom. The highest BCUT2D eigenvalue weighted by atomic mass is 16.5. The summed E-state index contributed by atoms with van der Waals surface area (Å²) in [7, 11) is 0. The van der Waals surface area contributed by atoms with Crippen LogP contribution in [0.5, 0.6) is 5.75 Å². The van der Waals surface area contributed by atoms with E-state index in [0.29, 0.717) is 19.0 Å². The van der Waals surface area contributed by atoms with E-state index in [1.807, 2.05) is 48.5 Å². The van der Waals surface area contributed by atoms with Crippen molar-refractivity contribution in [1.82, 2.24) is 4.98 Å². The van der Waals surface area contributed by atoms with Gasteiger partial charge in [-0.2, -0.15) is 0 Å². The number of benzene rings is 2. The molecule has 0 fully saturated rings. The molecule has 0 aliphatic carbocycles. The minimum Gasteiger partial charge on any atom is -0.493 e. The smallest absolute Gasteiger partial charge is 0.227 e. The summed E-state index contributed by atoms with van der Waals surface area (Å²) in [5.41, 5.74) is 7.97. The highest BCUT2D eigenvalue weighted by Gasteiger charge is 2.08. The zero-order valence-electron chi connectivity index (χ0n) is 11.1. The molecule has 0 aliphatic rings. The molecular formula is C16H16N2O2. The molecule has 0 amide bonds. The van der Waals surface area contributed by atoms with Gasteiger partial charge in [-0.05, 0) is 37.2 Å². The zero-order valence-corrected chi connectivity index (χ0v) is 11.1. The Labute approximate surface area is 117 Å². The molecule has 2 aromatic carbocycles. The van der Waals surface area contributed by atoms with Crippen LogP contribution in [0.3, 0.4) is 0 Å². The van der Waals surface area contributed by atoms with Gasteiger partial charge in [-0.3, -0.25) is 0 Å². The molecule has 4 nitrogen and oxygen atoms in total. The van der Waals surface area contributed by atoms with Gasteiger partial charge in [0.1, 0.15) is 11.3 Å². The summed E-state index contributed by atoms with van der Waals surface area (Å²) in [6.07, 6.45) is 0.837. The third kappa shape index (κ3) is 2.65. The highest BCUT2D eigenvalue weighted by molar-refractivity contribution is 5.77. The van der Waals surface area contributed by atoms with Crippen LogP contribution >= 0.6 is 0 Å². The maximum atomic E-state index is 5.79. The van der Waals surface area contributed by atoms with Gasteiger partial charge in [0.15, 0.2) is 5.58 Å². The normalized spacial score (nSPS) is 10.8. The molecule has 2 N–H and O–H groups in total. The molecule has 20 heavy (non-hydrogen) atoms. The molecule has 0 bridgehead atoms. The molecule has 0 unspecified atom stereocenters. The van der Waals surface area contributed by atoms with Gasteiger partial charge in [0, 0.05) is 11.6 Å². The minimum absolute atomic E-state index is 0.613. The first kappa shape index (κ1) is 12.7. The van der Waals surface area contributed by atoms with Crippen molar-refractivity contribution in [3.05, 3.63) is 48.5 Å². The summed E-state index contributed by atoms with van der Waals surface area (Å²) in [6, 6.07) is 15.5. The fourth-order valence-corrected chi connectivity index (χ4v) is 1.97. The summed E-state index contributed by atoms with van der Waals surface area (Å²) >= 11 is 0. The molecule has 1 heterocycles. The summed E-state index contributed by atoms with van der Waals surface area (Å²) in [4.78, 5) is 4.48. The van der Waals surface area contributed by atoms with Crippen molar-refractivity contribution in [2.75, 3.05) is 13.2 Å². The van der Waals surface area contributed by atoms with Gasteiger partial charge < -0.3 is 14.9 Å². The van der Waals surface area contributed by atoms with E-state index in [9.17, 15) is 0 Å². The lowest BCUT2D eigenvalue weighted by molar-refractivity contribution is 0.313. The molecule has 0 spiro atoms. The van der Waals surface area contributed by atoms with Crippen LogP contribution in [-0.2, 0) is 0 Å². The van der Waals surface area contributed by atoms with Gasteiger partial charge in [0.2, 0.25) is 5.89 Å². The molecule has 4 heteroatoms. The number of aromatic nitrogens is 1. The molecule has 0 saturated heterocycles. The number of rotatable bonds is 5. The van der Waals surface area contributed by atoms with Gasteiger partial charge in [-0.15, -0.1) is 0 Å². The van der Waals surface area contributed by atoms with Gasteiger partial charge in [0.05, 0.1) is 6.61 Å². The molecular weight excluding hydrogens is 252 g/mol. The number of nitrogens with two attached hydrogens (primary N) is 1. The third-order valence-electron chi connectivity index (χ3n) is 3.00. The highest BCUT2D eigenvalue weighted by Crippen LogP contribution is 2.26. The Hall–Kier alpha value is -2.33. The van der Waals surface area contributed by atoms with Crippen molar-refractivity contribution in [3.63, 3.8) is 0 Å². The molecule has 0 atom stereocenters. The molecule has 0 saturated carbocycles. The number of hydrogen-bond donors (Lipinski definition) is 1. The summed E-state index contributed by atoms with van der Waals surface area (Å²) in [6.45, 7) is 1.24. The Balaban J connectivity index is 1.88. The fraction of sp³-hybridized carbons (Fsp3) is 0.188. The van der Waals surface area contributed by atoms with Gasteiger partial charge >= 0.3 is 0 Å². The van der Waals surface area contributed by atoms with Crippen molar-refractivity contribution in [2.45, 2.75) is 6.42 Å². The Morgan fingerprint density at radius 3 is 2.75 bits per heavy atom. The zero-order chi connectivity index (χ0) is 13.8. The van der Waals surface area contributed by atoms with Crippen LogP contribution < -0.4 is 10.5 Å². The minimum atomic E-state index is 0.613. The van der Waals surface area contributed by atoms with Crippen molar-refractivity contribution in [1.29, 1.82) is 0 Å². The maximum Gasteiger partial charge on any atom is 0.227 e. The quantitative estimate of drug-likeness (QED) is 0.722. The van der Waals surface area contributed by atoms with Gasteiger partial charge in [-0.1, -0.05) is 18.2 Å². The van der Waals surface area contributed by atoms with Crippen molar-refractivity contribution >= 4 is 11.1 Å². The van der Waals surface area contributed by atoms with Crippen LogP contribution in [0.2, 0.25) is 0 Å². The second-order valence-electron chi connectivity index (χ2n) is 4.51. The van der Waals surface area contributed by atoms with E-state index in [4.69, 9.17) is 14.9 Å². The molecule has 0 aliphatic heterocycles. The van der Waals surface area contributed by atoms with Crippen LogP contribution in [0.25, 0.3) is 22.6 Å². The van der Waals surface area contributed by atoms with Crippen LogP contribution in [0, 0.1) is 0 Å². The van der Waals surface area contributed by atoms with Crippen molar-refractivity contribution in [2.24, 2.45) is 5.73 Å².